The van der Waals surface area contributed by atoms with E-state index in [0.717, 1.165) is 5.56 Å². The summed E-state index contributed by atoms with van der Waals surface area (Å²) in [7, 11) is -1.87. The second-order valence-corrected chi connectivity index (χ2v) is 14.0. The predicted octanol–water partition coefficient (Wildman–Crippen LogP) is 5.87. The Labute approximate surface area is 178 Å². The summed E-state index contributed by atoms with van der Waals surface area (Å²) in [6, 6.07) is 20.3. The smallest absolute Gasteiger partial charge is 0.192 e. The van der Waals surface area contributed by atoms with Gasteiger partial charge in [0.1, 0.15) is 0 Å². The van der Waals surface area contributed by atoms with Gasteiger partial charge < -0.3 is 14.8 Å². The van der Waals surface area contributed by atoms with Crippen LogP contribution >= 0.6 is 0 Å². The second kappa shape index (κ2) is 10.3. The molecule has 0 aliphatic carbocycles. The minimum Gasteiger partial charge on any atom is -0.416 e. The fourth-order valence-electron chi connectivity index (χ4n) is 3.11. The first kappa shape index (κ1) is 23.6. The van der Waals surface area contributed by atoms with Crippen LogP contribution in [0.2, 0.25) is 18.1 Å². The van der Waals surface area contributed by atoms with Gasteiger partial charge in [-0.25, -0.2) is 0 Å². The average molecular weight is 412 g/mol. The molecular formula is C25H37NO2Si. The highest BCUT2D eigenvalue weighted by atomic mass is 28.4. The van der Waals surface area contributed by atoms with Crippen molar-refractivity contribution in [2.24, 2.45) is 5.92 Å². The van der Waals surface area contributed by atoms with Gasteiger partial charge >= 0.3 is 0 Å². The Morgan fingerprint density at radius 3 is 1.97 bits per heavy atom. The lowest BCUT2D eigenvalue weighted by atomic mass is 9.92. The number of aliphatic hydroxyl groups is 1. The van der Waals surface area contributed by atoms with Crippen LogP contribution in [0.4, 0.5) is 0 Å². The molecule has 0 bridgehead atoms. The van der Waals surface area contributed by atoms with E-state index in [2.05, 4.69) is 70.0 Å². The maximum absolute atomic E-state index is 10.1. The molecule has 0 aliphatic heterocycles. The summed E-state index contributed by atoms with van der Waals surface area (Å²) in [6.45, 7) is 16.1. The molecule has 158 valence electrons. The summed E-state index contributed by atoms with van der Waals surface area (Å²) in [5.41, 5.74) is 2.25. The van der Waals surface area contributed by atoms with Gasteiger partial charge in [-0.3, -0.25) is 0 Å². The molecule has 0 radical (unpaired) electrons. The molecule has 0 saturated heterocycles. The molecule has 0 aliphatic rings. The Hall–Kier alpha value is -1.72. The van der Waals surface area contributed by atoms with E-state index in [1.54, 1.807) is 0 Å². The van der Waals surface area contributed by atoms with Crippen molar-refractivity contribution in [3.8, 4) is 0 Å². The van der Waals surface area contributed by atoms with Crippen LogP contribution in [0, 0.1) is 5.92 Å². The van der Waals surface area contributed by atoms with Gasteiger partial charge in [0.15, 0.2) is 8.32 Å². The number of nitrogens with one attached hydrogen (secondary N) is 1. The maximum Gasteiger partial charge on any atom is 0.192 e. The number of hydrogen-bond donors (Lipinski definition) is 2. The molecule has 3 nitrogen and oxygen atoms in total. The largest absolute Gasteiger partial charge is 0.416 e. The molecule has 3 atom stereocenters. The molecule has 2 aromatic carbocycles. The lowest BCUT2D eigenvalue weighted by Gasteiger charge is -2.38. The standard InChI is InChI=1S/C25H37NO2Si/c1-7-20(19-28-29(5,6)25(2,3)4)24(22-16-12-9-13-17-22)26-23(18-27)21-14-10-8-11-15-21/h7-17,20,23-24,26-27H,1,18-19H2,2-6H3/t20-,23+,24-/m1/s1. The molecule has 0 heterocycles. The quantitative estimate of drug-likeness (QED) is 0.379. The van der Waals surface area contributed by atoms with Crippen LogP contribution in [0.15, 0.2) is 73.3 Å². The van der Waals surface area contributed by atoms with Crippen molar-refractivity contribution in [2.45, 2.75) is 51.0 Å². The van der Waals surface area contributed by atoms with Crippen LogP contribution in [0.1, 0.15) is 44.0 Å². The molecule has 0 aromatic heterocycles. The normalized spacial score (nSPS) is 15.5. The van der Waals surface area contributed by atoms with E-state index < -0.39 is 8.32 Å². The van der Waals surface area contributed by atoms with E-state index >= 15 is 0 Å². The third-order valence-corrected chi connectivity index (χ3v) is 10.6. The Morgan fingerprint density at radius 1 is 1.00 bits per heavy atom. The minimum absolute atomic E-state index is 0.00387. The van der Waals surface area contributed by atoms with Crippen LogP contribution < -0.4 is 5.32 Å². The summed E-state index contributed by atoms with van der Waals surface area (Å²) in [5.74, 6) is 0.0873. The summed E-state index contributed by atoms with van der Waals surface area (Å²) in [5, 5.41) is 13.9. The summed E-state index contributed by atoms with van der Waals surface area (Å²) < 4.78 is 6.54. The number of hydrogen-bond acceptors (Lipinski definition) is 3. The van der Waals surface area contributed by atoms with E-state index in [1.165, 1.54) is 5.56 Å². The lowest BCUT2D eigenvalue weighted by Crippen LogP contribution is -2.43. The van der Waals surface area contributed by atoms with Crippen LogP contribution in [-0.4, -0.2) is 26.6 Å². The van der Waals surface area contributed by atoms with Gasteiger partial charge in [0.25, 0.3) is 0 Å². The van der Waals surface area contributed by atoms with Gasteiger partial charge in [0.05, 0.1) is 12.6 Å². The van der Waals surface area contributed by atoms with E-state index in [4.69, 9.17) is 4.43 Å². The first-order valence-corrected chi connectivity index (χ1v) is 13.3. The molecule has 29 heavy (non-hydrogen) atoms. The summed E-state index contributed by atoms with van der Waals surface area (Å²) in [6.07, 6.45) is 1.98. The van der Waals surface area contributed by atoms with Crippen LogP contribution in [0.3, 0.4) is 0 Å². The van der Waals surface area contributed by atoms with Gasteiger partial charge in [0, 0.05) is 18.6 Å². The van der Waals surface area contributed by atoms with E-state index in [9.17, 15) is 5.11 Å². The van der Waals surface area contributed by atoms with Gasteiger partial charge in [0.2, 0.25) is 0 Å². The second-order valence-electron chi connectivity index (χ2n) is 9.17. The minimum atomic E-state index is -1.87. The third kappa shape index (κ3) is 6.38. The number of benzene rings is 2. The van der Waals surface area contributed by atoms with Gasteiger partial charge in [-0.05, 0) is 29.3 Å². The maximum atomic E-state index is 10.1. The van der Waals surface area contributed by atoms with E-state index in [1.807, 2.05) is 42.5 Å². The van der Waals surface area contributed by atoms with Crippen molar-refractivity contribution in [3.05, 3.63) is 84.4 Å². The van der Waals surface area contributed by atoms with Gasteiger partial charge in [-0.1, -0.05) is 87.5 Å². The molecule has 4 heteroatoms. The fraction of sp³-hybridized carbons (Fsp3) is 0.440. The monoisotopic (exact) mass is 411 g/mol. The first-order valence-electron chi connectivity index (χ1n) is 10.4. The van der Waals surface area contributed by atoms with Gasteiger partial charge in [-0.15, -0.1) is 6.58 Å². The van der Waals surface area contributed by atoms with Gasteiger partial charge in [-0.2, -0.15) is 0 Å². The van der Waals surface area contributed by atoms with Crippen molar-refractivity contribution in [1.82, 2.24) is 5.32 Å². The fourth-order valence-corrected chi connectivity index (χ4v) is 4.15. The molecule has 0 fully saturated rings. The number of aliphatic hydroxyl groups excluding tert-OH is 1. The lowest BCUT2D eigenvalue weighted by molar-refractivity contribution is 0.189. The summed E-state index contributed by atoms with van der Waals surface area (Å²) in [4.78, 5) is 0. The van der Waals surface area contributed by atoms with Crippen LogP contribution in [0.25, 0.3) is 0 Å². The molecule has 2 rings (SSSR count). The molecule has 2 N–H and O–H groups in total. The molecular weight excluding hydrogens is 374 g/mol. The highest BCUT2D eigenvalue weighted by Gasteiger charge is 2.38. The topological polar surface area (TPSA) is 41.5 Å². The Balaban J connectivity index is 2.28. The zero-order valence-electron chi connectivity index (χ0n) is 18.6. The Kier molecular flexibility index (Phi) is 8.41. The zero-order valence-corrected chi connectivity index (χ0v) is 19.6. The molecule has 2 aromatic rings. The zero-order chi connectivity index (χ0) is 21.5. The molecule has 0 unspecified atom stereocenters. The third-order valence-electron chi connectivity index (χ3n) is 6.10. The Morgan fingerprint density at radius 2 is 1.52 bits per heavy atom. The van der Waals surface area contributed by atoms with Crippen LogP contribution in [-0.2, 0) is 4.43 Å². The van der Waals surface area contributed by atoms with E-state index in [0.29, 0.717) is 6.61 Å². The average Bonchev–Trinajstić information content (AvgIpc) is 2.71. The Bertz CT molecular complexity index is 740. The number of rotatable bonds is 10. The van der Waals surface area contributed by atoms with Crippen LogP contribution in [0.5, 0.6) is 0 Å². The molecule has 0 amide bonds. The van der Waals surface area contributed by atoms with E-state index in [-0.39, 0.29) is 29.6 Å². The highest BCUT2D eigenvalue weighted by molar-refractivity contribution is 6.74. The summed E-state index contributed by atoms with van der Waals surface area (Å²) >= 11 is 0. The SMILES string of the molecule is C=C[C@H](CO[Si](C)(C)C(C)(C)C)[C@@H](N[C@@H](CO)c1ccccc1)c1ccccc1. The molecule has 0 spiro atoms. The van der Waals surface area contributed by atoms with Crippen molar-refractivity contribution in [2.75, 3.05) is 13.2 Å². The predicted molar refractivity (Wildman–Crippen MR) is 125 cm³/mol. The molecule has 0 saturated carbocycles. The van der Waals surface area contributed by atoms with Crippen molar-refractivity contribution >= 4 is 8.32 Å². The highest BCUT2D eigenvalue weighted by Crippen LogP contribution is 2.38. The van der Waals surface area contributed by atoms with Crippen molar-refractivity contribution < 1.29 is 9.53 Å². The van der Waals surface area contributed by atoms with Crippen molar-refractivity contribution in [1.29, 1.82) is 0 Å². The van der Waals surface area contributed by atoms with Crippen molar-refractivity contribution in [3.63, 3.8) is 0 Å². The first-order chi connectivity index (χ1) is 13.7.